The third-order valence-corrected chi connectivity index (χ3v) is 3.76. The Labute approximate surface area is 121 Å². The first-order valence-corrected chi connectivity index (χ1v) is 8.09. The number of amides is 1. The molecule has 0 unspecified atom stereocenters. The summed E-state index contributed by atoms with van der Waals surface area (Å²) >= 11 is 0. The monoisotopic (exact) mass is 313 g/mol. The highest BCUT2D eigenvalue weighted by Gasteiger charge is 2.53. The van der Waals surface area contributed by atoms with Gasteiger partial charge in [-0.2, -0.15) is 0 Å². The lowest BCUT2D eigenvalue weighted by Gasteiger charge is -2.10. The van der Waals surface area contributed by atoms with Crippen molar-refractivity contribution in [2.45, 2.75) is 19.4 Å². The zero-order chi connectivity index (χ0) is 15.8. The van der Waals surface area contributed by atoms with Gasteiger partial charge in [-0.05, 0) is 24.6 Å². The summed E-state index contributed by atoms with van der Waals surface area (Å²) in [6.45, 7) is 1.72. The first-order chi connectivity index (χ1) is 9.67. The van der Waals surface area contributed by atoms with Crippen LogP contribution in [0.25, 0.3) is 0 Å². The lowest BCUT2D eigenvalue weighted by Crippen LogP contribution is -2.18. The van der Waals surface area contributed by atoms with Crippen molar-refractivity contribution in [3.63, 3.8) is 0 Å². The molecule has 1 aromatic rings. The molecule has 1 aliphatic carbocycles. The SMILES string of the molecule is Cc1ccc(NC(=O)[C@H]2C[C@@H]2[N+](=O)[O-])cc1NS(C)(=O)=O. The summed E-state index contributed by atoms with van der Waals surface area (Å²) in [4.78, 5) is 21.9. The number of aryl methyl sites for hydroxylation is 1. The maximum Gasteiger partial charge on any atom is 0.234 e. The zero-order valence-electron chi connectivity index (χ0n) is 11.5. The van der Waals surface area contributed by atoms with Crippen LogP contribution in [0.1, 0.15) is 12.0 Å². The van der Waals surface area contributed by atoms with Crippen molar-refractivity contribution < 1.29 is 18.1 Å². The Kier molecular flexibility index (Phi) is 3.86. The molecule has 0 spiro atoms. The van der Waals surface area contributed by atoms with Gasteiger partial charge in [0.2, 0.25) is 22.0 Å². The zero-order valence-corrected chi connectivity index (χ0v) is 12.3. The minimum absolute atomic E-state index is 0.235. The molecule has 0 radical (unpaired) electrons. The Morgan fingerprint density at radius 2 is 2.10 bits per heavy atom. The van der Waals surface area contributed by atoms with E-state index in [9.17, 15) is 23.3 Å². The normalized spacial score (nSPS) is 20.7. The van der Waals surface area contributed by atoms with Gasteiger partial charge in [-0.1, -0.05) is 6.07 Å². The van der Waals surface area contributed by atoms with Crippen LogP contribution in [-0.4, -0.2) is 31.5 Å². The number of nitro groups is 1. The van der Waals surface area contributed by atoms with Crippen molar-refractivity contribution in [3.05, 3.63) is 33.9 Å². The Morgan fingerprint density at radius 3 is 2.62 bits per heavy atom. The molecule has 2 N–H and O–H groups in total. The molecule has 0 saturated heterocycles. The molecule has 1 saturated carbocycles. The topological polar surface area (TPSA) is 118 Å². The van der Waals surface area contributed by atoms with Gasteiger partial charge in [0.05, 0.1) is 11.9 Å². The van der Waals surface area contributed by atoms with Crippen LogP contribution in [0.2, 0.25) is 0 Å². The summed E-state index contributed by atoms with van der Waals surface area (Å²) in [7, 11) is -3.42. The first-order valence-electron chi connectivity index (χ1n) is 6.20. The quantitative estimate of drug-likeness (QED) is 0.620. The van der Waals surface area contributed by atoms with Gasteiger partial charge in [-0.15, -0.1) is 0 Å². The average molecular weight is 313 g/mol. The number of hydrogen-bond acceptors (Lipinski definition) is 5. The van der Waals surface area contributed by atoms with E-state index in [1.54, 1.807) is 19.1 Å². The fourth-order valence-electron chi connectivity index (χ4n) is 1.94. The number of carbonyl (C=O) groups is 1. The highest BCUT2D eigenvalue weighted by Crippen LogP contribution is 2.34. The van der Waals surface area contributed by atoms with E-state index >= 15 is 0 Å². The number of sulfonamides is 1. The van der Waals surface area contributed by atoms with E-state index in [0.717, 1.165) is 6.26 Å². The van der Waals surface area contributed by atoms with Crippen molar-refractivity contribution in [2.24, 2.45) is 5.92 Å². The van der Waals surface area contributed by atoms with Gasteiger partial charge in [0.15, 0.2) is 0 Å². The van der Waals surface area contributed by atoms with E-state index in [0.29, 0.717) is 16.9 Å². The van der Waals surface area contributed by atoms with Crippen LogP contribution >= 0.6 is 0 Å². The molecule has 8 nitrogen and oxygen atoms in total. The summed E-state index contributed by atoms with van der Waals surface area (Å²) in [6.07, 6.45) is 1.27. The maximum absolute atomic E-state index is 11.8. The highest BCUT2D eigenvalue weighted by atomic mass is 32.2. The summed E-state index contributed by atoms with van der Waals surface area (Å²) in [5.74, 6) is -1.04. The smallest absolute Gasteiger partial charge is 0.234 e. The maximum atomic E-state index is 11.8. The molecule has 2 rings (SSSR count). The van der Waals surface area contributed by atoms with Crippen molar-refractivity contribution in [2.75, 3.05) is 16.3 Å². The highest BCUT2D eigenvalue weighted by molar-refractivity contribution is 7.92. The number of rotatable bonds is 5. The molecule has 1 aromatic carbocycles. The standard InChI is InChI=1S/C12H15N3O5S/c1-7-3-4-8(5-10(7)14-21(2,19)20)13-12(16)9-6-11(9)15(17)18/h3-5,9,11,14H,6H2,1-2H3,(H,13,16)/t9-,11-/m0/s1. The largest absolute Gasteiger partial charge is 0.326 e. The molecule has 2 atom stereocenters. The number of anilines is 2. The van der Waals surface area contributed by atoms with Crippen molar-refractivity contribution in [3.8, 4) is 0 Å². The van der Waals surface area contributed by atoms with E-state index in [2.05, 4.69) is 10.0 Å². The van der Waals surface area contributed by atoms with Crippen LogP contribution in [0, 0.1) is 23.0 Å². The van der Waals surface area contributed by atoms with Crippen LogP contribution < -0.4 is 10.0 Å². The molecule has 21 heavy (non-hydrogen) atoms. The summed E-state index contributed by atoms with van der Waals surface area (Å²) in [6, 6.07) is 3.94. The minimum Gasteiger partial charge on any atom is -0.326 e. The molecule has 0 heterocycles. The van der Waals surface area contributed by atoms with Gasteiger partial charge in [-0.25, -0.2) is 8.42 Å². The summed E-state index contributed by atoms with van der Waals surface area (Å²) in [5, 5.41) is 13.1. The second kappa shape index (κ2) is 5.32. The van der Waals surface area contributed by atoms with Gasteiger partial charge in [-0.3, -0.25) is 19.6 Å². The summed E-state index contributed by atoms with van der Waals surface area (Å²) in [5.41, 5.74) is 1.45. The number of nitrogens with zero attached hydrogens (tertiary/aromatic N) is 1. The van der Waals surface area contributed by atoms with Crippen molar-refractivity contribution in [1.29, 1.82) is 0 Å². The van der Waals surface area contributed by atoms with E-state index in [-0.39, 0.29) is 6.42 Å². The van der Waals surface area contributed by atoms with Crippen LogP contribution in [0.5, 0.6) is 0 Å². The molecule has 0 aromatic heterocycles. The molecule has 1 amide bonds. The van der Waals surface area contributed by atoms with E-state index in [1.165, 1.54) is 6.07 Å². The van der Waals surface area contributed by atoms with E-state index in [4.69, 9.17) is 0 Å². The second-order valence-corrected chi connectivity index (χ2v) is 6.84. The van der Waals surface area contributed by atoms with E-state index in [1.807, 2.05) is 0 Å². The predicted molar refractivity (Wildman–Crippen MR) is 77.2 cm³/mol. The molecule has 1 aliphatic rings. The molecule has 1 fully saturated rings. The predicted octanol–water partition coefficient (Wildman–Crippen LogP) is 0.970. The second-order valence-electron chi connectivity index (χ2n) is 5.09. The van der Waals surface area contributed by atoms with Crippen LogP contribution in [0.3, 0.4) is 0 Å². The number of benzene rings is 1. The third kappa shape index (κ3) is 3.91. The lowest BCUT2D eigenvalue weighted by atomic mass is 10.2. The molecular formula is C12H15N3O5S. The molecule has 0 bridgehead atoms. The van der Waals surface area contributed by atoms with Gasteiger partial charge >= 0.3 is 0 Å². The fourth-order valence-corrected chi connectivity index (χ4v) is 2.56. The molecule has 0 aliphatic heterocycles. The Bertz CT molecular complexity index is 701. The minimum atomic E-state index is -3.42. The van der Waals surface area contributed by atoms with Crippen molar-refractivity contribution >= 4 is 27.3 Å². The Balaban J connectivity index is 2.09. The molecule has 114 valence electrons. The van der Waals surface area contributed by atoms with Gasteiger partial charge in [0.1, 0.15) is 5.92 Å². The summed E-state index contributed by atoms with van der Waals surface area (Å²) < 4.78 is 24.8. The van der Waals surface area contributed by atoms with Crippen LogP contribution in [-0.2, 0) is 14.8 Å². The Morgan fingerprint density at radius 1 is 1.43 bits per heavy atom. The van der Waals surface area contributed by atoms with Gasteiger partial charge in [0, 0.05) is 17.0 Å². The molecular weight excluding hydrogens is 298 g/mol. The number of hydrogen-bond donors (Lipinski definition) is 2. The lowest BCUT2D eigenvalue weighted by molar-refractivity contribution is -0.497. The van der Waals surface area contributed by atoms with Crippen molar-refractivity contribution in [1.82, 2.24) is 0 Å². The first kappa shape index (κ1) is 15.2. The van der Waals surface area contributed by atoms with Gasteiger partial charge in [0.25, 0.3) is 0 Å². The van der Waals surface area contributed by atoms with Crippen LogP contribution in [0.4, 0.5) is 11.4 Å². The average Bonchev–Trinajstić information content (AvgIpc) is 3.11. The number of nitrogens with one attached hydrogen (secondary N) is 2. The molecule has 9 heteroatoms. The number of carbonyl (C=O) groups excluding carboxylic acids is 1. The fraction of sp³-hybridized carbons (Fsp3) is 0.417. The third-order valence-electron chi connectivity index (χ3n) is 3.16. The van der Waals surface area contributed by atoms with Crippen LogP contribution in [0.15, 0.2) is 18.2 Å². The Hall–Kier alpha value is -2.16. The van der Waals surface area contributed by atoms with E-state index < -0.39 is 32.8 Å². The van der Waals surface area contributed by atoms with Gasteiger partial charge < -0.3 is 5.32 Å².